The maximum Gasteiger partial charge on any atom is 0.352 e. The van der Waals surface area contributed by atoms with Crippen molar-refractivity contribution in [2.45, 2.75) is 30.6 Å². The third kappa shape index (κ3) is 5.86. The van der Waals surface area contributed by atoms with Crippen LogP contribution in [-0.2, 0) is 24.0 Å². The summed E-state index contributed by atoms with van der Waals surface area (Å²) in [5.41, 5.74) is 17.4. The van der Waals surface area contributed by atoms with E-state index in [0.717, 1.165) is 16.2 Å². The van der Waals surface area contributed by atoms with Gasteiger partial charge in [0.1, 0.15) is 34.8 Å². The Labute approximate surface area is 239 Å². The highest BCUT2D eigenvalue weighted by Gasteiger charge is 2.54. The number of aromatic nitrogens is 1. The first-order chi connectivity index (χ1) is 18.9. The minimum absolute atomic E-state index is 0.0220. The average Bonchev–Trinajstić information content (AvgIpc) is 3.33. The van der Waals surface area contributed by atoms with Gasteiger partial charge in [-0.15, -0.1) is 23.1 Å². The number of nitrogens with two attached hydrogens (primary N) is 3. The Balaban J connectivity index is 1.50. The number of carbonyl (C=O) groups excluding carboxylic acids is 2. The molecule has 3 aliphatic rings. The van der Waals surface area contributed by atoms with Crippen molar-refractivity contribution in [1.82, 2.24) is 20.1 Å². The van der Waals surface area contributed by atoms with Crippen molar-refractivity contribution in [1.29, 1.82) is 0 Å². The molecule has 1 fully saturated rings. The van der Waals surface area contributed by atoms with Crippen LogP contribution in [0.25, 0.3) is 0 Å². The fourth-order valence-corrected chi connectivity index (χ4v) is 6.77. The zero-order valence-electron chi connectivity index (χ0n) is 21.0. The zero-order chi connectivity index (χ0) is 29.3. The second-order valence-corrected chi connectivity index (χ2v) is 11.5. The van der Waals surface area contributed by atoms with E-state index in [0.29, 0.717) is 10.7 Å². The van der Waals surface area contributed by atoms with Gasteiger partial charge in [-0.3, -0.25) is 14.5 Å². The standard InChI is InChI=1S/C21H25N9O7S3/c1-7(18(33)34)37-28-12(9-6-39-20(24)25-9)15(31)27-13-16(32)30-14(19(35)36)8(4-38-17(13)30)5-40-21-26-10(22)3-11(23)29(21)2/h3,6-7,11,13,17H,4-5,22-23H2,1-2H3,(H2,24,25)(H,27,31)(H,33,34)(H,35,36)/b28-12-/t7-,11?,13?,17+/m1/s1. The minimum atomic E-state index is -1.37. The van der Waals surface area contributed by atoms with Crippen LogP contribution in [0.2, 0.25) is 0 Å². The van der Waals surface area contributed by atoms with E-state index in [1.54, 1.807) is 18.0 Å². The molecule has 9 N–H and O–H groups in total. The molecule has 19 heteroatoms. The molecule has 214 valence electrons. The third-order valence-electron chi connectivity index (χ3n) is 5.86. The van der Waals surface area contributed by atoms with Crippen molar-refractivity contribution in [3.8, 4) is 0 Å². The fraction of sp³-hybridized carbons (Fsp3) is 0.381. The number of carboxylic acid groups (broad SMARTS) is 2. The topological polar surface area (TPSA) is 252 Å². The number of β-lactam (4-membered cyclic amide) rings is 1. The maximum atomic E-state index is 13.1. The summed E-state index contributed by atoms with van der Waals surface area (Å²) in [6.45, 7) is 1.22. The molecular formula is C21H25N9O7S3. The number of nitrogens with zero attached hydrogens (tertiary/aromatic N) is 5. The Bertz CT molecular complexity index is 1370. The van der Waals surface area contributed by atoms with Crippen LogP contribution in [0, 0.1) is 0 Å². The number of fused-ring (bicyclic) bond motifs is 1. The first-order valence-electron chi connectivity index (χ1n) is 11.4. The second kappa shape index (κ2) is 11.7. The van der Waals surface area contributed by atoms with Crippen molar-refractivity contribution < 1.29 is 34.2 Å². The number of thioether (sulfide) groups is 2. The molecule has 0 bridgehead atoms. The van der Waals surface area contributed by atoms with Gasteiger partial charge in [0, 0.05) is 23.9 Å². The smallest absolute Gasteiger partial charge is 0.352 e. The number of nitrogen functional groups attached to an aromatic ring is 1. The van der Waals surface area contributed by atoms with Crippen LogP contribution in [0.5, 0.6) is 0 Å². The first-order valence-corrected chi connectivity index (χ1v) is 14.4. The lowest BCUT2D eigenvalue weighted by molar-refractivity contribution is -0.150. The second-order valence-electron chi connectivity index (χ2n) is 8.59. The monoisotopic (exact) mass is 611 g/mol. The highest BCUT2D eigenvalue weighted by Crippen LogP contribution is 2.41. The van der Waals surface area contributed by atoms with Crippen molar-refractivity contribution in [3.05, 3.63) is 34.2 Å². The van der Waals surface area contributed by atoms with Gasteiger partial charge in [0.2, 0.25) is 6.10 Å². The van der Waals surface area contributed by atoms with Gasteiger partial charge in [-0.25, -0.2) is 19.6 Å². The molecule has 40 heavy (non-hydrogen) atoms. The molecule has 1 saturated heterocycles. The number of rotatable bonds is 9. The number of likely N-dealkylation sites (N-methyl/N-ethyl adjacent to an activating group) is 1. The van der Waals surface area contributed by atoms with Crippen molar-refractivity contribution in [2.24, 2.45) is 21.6 Å². The molecule has 16 nitrogen and oxygen atoms in total. The lowest BCUT2D eigenvalue weighted by Crippen LogP contribution is -2.71. The van der Waals surface area contributed by atoms with Crippen LogP contribution >= 0.6 is 34.9 Å². The van der Waals surface area contributed by atoms with Gasteiger partial charge in [-0.05, 0) is 18.6 Å². The molecule has 0 saturated carbocycles. The van der Waals surface area contributed by atoms with Gasteiger partial charge in [0.15, 0.2) is 16.0 Å². The molecule has 1 aromatic rings. The van der Waals surface area contributed by atoms with Crippen molar-refractivity contribution in [3.63, 3.8) is 0 Å². The van der Waals surface area contributed by atoms with Crippen LogP contribution in [0.1, 0.15) is 12.6 Å². The summed E-state index contributed by atoms with van der Waals surface area (Å²) in [7, 11) is 1.73. The predicted molar refractivity (Wildman–Crippen MR) is 149 cm³/mol. The van der Waals surface area contributed by atoms with Crippen molar-refractivity contribution in [2.75, 3.05) is 24.3 Å². The number of aliphatic imine (C=N–C) groups is 1. The summed E-state index contributed by atoms with van der Waals surface area (Å²) in [6.07, 6.45) is -0.264. The Morgan fingerprint density at radius 1 is 1.35 bits per heavy atom. The van der Waals surface area contributed by atoms with Gasteiger partial charge in [-0.1, -0.05) is 16.9 Å². The van der Waals surface area contributed by atoms with Gasteiger partial charge in [-0.2, -0.15) is 0 Å². The molecule has 4 rings (SSSR count). The summed E-state index contributed by atoms with van der Waals surface area (Å²) < 4.78 is 0. The number of amidine groups is 1. The van der Waals surface area contributed by atoms with Gasteiger partial charge in [0.25, 0.3) is 11.8 Å². The highest BCUT2D eigenvalue weighted by molar-refractivity contribution is 8.14. The minimum Gasteiger partial charge on any atom is -0.478 e. The summed E-state index contributed by atoms with van der Waals surface area (Å²) in [6, 6.07) is -1.07. The number of nitrogens with one attached hydrogen (secondary N) is 1. The molecule has 2 amide bonds. The summed E-state index contributed by atoms with van der Waals surface area (Å²) >= 11 is 3.54. The van der Waals surface area contributed by atoms with Gasteiger partial charge in [0.05, 0.1) is 0 Å². The lowest BCUT2D eigenvalue weighted by atomic mass is 10.0. The quantitative estimate of drug-likeness (QED) is 0.109. The largest absolute Gasteiger partial charge is 0.478 e. The normalized spacial score (nSPS) is 23.5. The molecule has 0 aromatic carbocycles. The van der Waals surface area contributed by atoms with E-state index in [1.807, 2.05) is 0 Å². The number of amides is 2. The van der Waals surface area contributed by atoms with E-state index >= 15 is 0 Å². The third-order valence-corrected chi connectivity index (χ3v) is 9.00. The Kier molecular flexibility index (Phi) is 8.57. The number of oxime groups is 1. The molecule has 2 unspecified atom stereocenters. The van der Waals surface area contributed by atoms with E-state index in [1.165, 1.54) is 35.8 Å². The SMILES string of the molecule is C[C@@H](O/N=C(\C(=O)NC1C(=O)N2C(C(=O)O)=C(CSC3=NC(N)=CC(N)N3C)CS[C@@H]12)c1csc(N)n1)C(=O)O. The van der Waals surface area contributed by atoms with E-state index in [4.69, 9.17) is 27.1 Å². The van der Waals surface area contributed by atoms with Crippen LogP contribution < -0.4 is 22.5 Å². The number of carbonyl (C=O) groups is 4. The highest BCUT2D eigenvalue weighted by atomic mass is 32.2. The lowest BCUT2D eigenvalue weighted by Gasteiger charge is -2.49. The molecule has 0 spiro atoms. The predicted octanol–water partition coefficient (Wildman–Crippen LogP) is -1.22. The number of aliphatic carboxylic acids is 2. The Morgan fingerprint density at radius 3 is 2.70 bits per heavy atom. The summed E-state index contributed by atoms with van der Waals surface area (Å²) in [5.74, 6) is -3.37. The molecule has 4 atom stereocenters. The number of hydrogen-bond donors (Lipinski definition) is 6. The van der Waals surface area contributed by atoms with E-state index in [2.05, 4.69) is 20.4 Å². The van der Waals surface area contributed by atoms with Gasteiger partial charge >= 0.3 is 11.9 Å². The number of hydrogen-bond acceptors (Lipinski definition) is 15. The first kappa shape index (κ1) is 29.2. The van der Waals surface area contributed by atoms with E-state index in [-0.39, 0.29) is 39.6 Å². The molecule has 0 radical (unpaired) electrons. The number of carboxylic acids is 2. The fourth-order valence-electron chi connectivity index (χ4n) is 3.71. The molecule has 0 aliphatic carbocycles. The number of thiazole rings is 1. The summed E-state index contributed by atoms with van der Waals surface area (Å²) in [4.78, 5) is 65.4. The number of anilines is 1. The summed E-state index contributed by atoms with van der Waals surface area (Å²) in [5, 5.41) is 26.5. The molecular weight excluding hydrogens is 586 g/mol. The molecule has 1 aromatic heterocycles. The zero-order valence-corrected chi connectivity index (χ0v) is 23.5. The van der Waals surface area contributed by atoms with E-state index < -0.39 is 47.4 Å². The average molecular weight is 612 g/mol. The Hall–Kier alpha value is -3.81. The molecule has 3 aliphatic heterocycles. The molecule has 4 heterocycles. The Morgan fingerprint density at radius 2 is 2.08 bits per heavy atom. The van der Waals surface area contributed by atoms with Crippen LogP contribution in [0.15, 0.2) is 38.7 Å². The maximum absolute atomic E-state index is 13.1. The van der Waals surface area contributed by atoms with Crippen molar-refractivity contribution >= 4 is 74.6 Å². The van der Waals surface area contributed by atoms with Gasteiger partial charge < -0.3 is 42.5 Å². The van der Waals surface area contributed by atoms with Crippen LogP contribution in [0.4, 0.5) is 5.13 Å². The van der Waals surface area contributed by atoms with Crippen LogP contribution in [0.3, 0.4) is 0 Å². The van der Waals surface area contributed by atoms with Crippen LogP contribution in [-0.4, -0.2) is 102 Å². The van der Waals surface area contributed by atoms with E-state index in [9.17, 15) is 24.3 Å².